The van der Waals surface area contributed by atoms with E-state index in [-0.39, 0.29) is 5.97 Å². The van der Waals surface area contributed by atoms with E-state index < -0.39 is 0 Å². The van der Waals surface area contributed by atoms with E-state index >= 15 is 0 Å². The highest BCUT2D eigenvalue weighted by Gasteiger charge is 2.07. The van der Waals surface area contributed by atoms with Crippen LogP contribution >= 0.6 is 0 Å². The second-order valence-electron chi connectivity index (χ2n) is 4.82. The van der Waals surface area contributed by atoms with Crippen LogP contribution in [-0.2, 0) is 4.74 Å². The van der Waals surface area contributed by atoms with Crippen LogP contribution in [0.5, 0.6) is 0 Å². The highest BCUT2D eigenvalue weighted by atomic mass is 16.5. The van der Waals surface area contributed by atoms with Crippen LogP contribution in [-0.4, -0.2) is 17.6 Å². The number of pyridine rings is 1. The van der Waals surface area contributed by atoms with Gasteiger partial charge in [-0.3, -0.25) is 0 Å². The second-order valence-corrected chi connectivity index (χ2v) is 4.82. The summed E-state index contributed by atoms with van der Waals surface area (Å²) in [5.74, 6) is 0.414. The van der Waals surface area contributed by atoms with Gasteiger partial charge >= 0.3 is 5.97 Å². The first-order valence-electron chi connectivity index (χ1n) is 7.16. The number of nitrogens with zero attached hydrogens (tertiary/aromatic N) is 1. The monoisotopic (exact) mass is 292 g/mol. The number of aromatic nitrogens is 1. The number of hydrogen-bond acceptors (Lipinski definition) is 4. The first-order chi connectivity index (χ1) is 10.8. The number of rotatable bonds is 4. The molecular weight excluding hydrogens is 276 g/mol. The Morgan fingerprint density at radius 1 is 1.09 bits per heavy atom. The van der Waals surface area contributed by atoms with Gasteiger partial charge in [0.15, 0.2) is 0 Å². The zero-order chi connectivity index (χ0) is 15.4. The first kappa shape index (κ1) is 14.1. The van der Waals surface area contributed by atoms with E-state index in [4.69, 9.17) is 4.74 Å². The maximum absolute atomic E-state index is 11.8. The molecule has 1 aromatic heterocycles. The molecule has 1 heterocycles. The second kappa shape index (κ2) is 6.26. The normalized spacial score (nSPS) is 10.4. The third-order valence-corrected chi connectivity index (χ3v) is 3.24. The number of carbonyl (C=O) groups excluding carboxylic acids is 1. The fourth-order valence-corrected chi connectivity index (χ4v) is 2.22. The highest BCUT2D eigenvalue weighted by Crippen LogP contribution is 2.19. The van der Waals surface area contributed by atoms with Gasteiger partial charge in [0.05, 0.1) is 17.7 Å². The molecule has 0 fully saturated rings. The van der Waals surface area contributed by atoms with Gasteiger partial charge in [-0.25, -0.2) is 9.78 Å². The SMILES string of the molecule is CCOC(=O)c1cccc(Nc2ccc3ccccc3n2)c1. The molecule has 0 atom stereocenters. The van der Waals surface area contributed by atoms with Crippen LogP contribution < -0.4 is 5.32 Å². The molecule has 0 spiro atoms. The fraction of sp³-hybridized carbons (Fsp3) is 0.111. The summed E-state index contributed by atoms with van der Waals surface area (Å²) < 4.78 is 5.01. The Morgan fingerprint density at radius 3 is 2.82 bits per heavy atom. The smallest absolute Gasteiger partial charge is 0.338 e. The van der Waals surface area contributed by atoms with Crippen LogP contribution in [0.3, 0.4) is 0 Å². The number of benzene rings is 2. The molecule has 2 aromatic carbocycles. The van der Waals surface area contributed by atoms with Crippen molar-refractivity contribution in [3.8, 4) is 0 Å². The summed E-state index contributed by atoms with van der Waals surface area (Å²) in [7, 11) is 0. The molecule has 1 N–H and O–H groups in total. The zero-order valence-corrected chi connectivity index (χ0v) is 12.2. The average molecular weight is 292 g/mol. The number of anilines is 2. The highest BCUT2D eigenvalue weighted by molar-refractivity contribution is 5.90. The Bertz CT molecular complexity index is 815. The van der Waals surface area contributed by atoms with E-state index in [0.717, 1.165) is 22.4 Å². The molecule has 0 radical (unpaired) electrons. The maximum atomic E-state index is 11.8. The van der Waals surface area contributed by atoms with E-state index in [0.29, 0.717) is 12.2 Å². The van der Waals surface area contributed by atoms with Gasteiger partial charge in [-0.2, -0.15) is 0 Å². The van der Waals surface area contributed by atoms with Gasteiger partial charge in [0, 0.05) is 11.1 Å². The molecule has 0 bridgehead atoms. The molecule has 4 nitrogen and oxygen atoms in total. The molecule has 0 aliphatic heterocycles. The minimum Gasteiger partial charge on any atom is -0.462 e. The van der Waals surface area contributed by atoms with Gasteiger partial charge < -0.3 is 10.1 Å². The van der Waals surface area contributed by atoms with Crippen LogP contribution in [0.1, 0.15) is 17.3 Å². The Labute approximate surface area is 128 Å². The van der Waals surface area contributed by atoms with Crippen molar-refractivity contribution in [1.82, 2.24) is 4.98 Å². The predicted octanol–water partition coefficient (Wildman–Crippen LogP) is 4.16. The molecule has 3 rings (SSSR count). The van der Waals surface area contributed by atoms with Gasteiger partial charge in [0.2, 0.25) is 0 Å². The van der Waals surface area contributed by atoms with Crippen LogP contribution in [0.4, 0.5) is 11.5 Å². The molecule has 0 amide bonds. The van der Waals surface area contributed by atoms with Crippen LogP contribution in [0.15, 0.2) is 60.7 Å². The molecule has 0 aliphatic carbocycles. The number of hydrogen-bond donors (Lipinski definition) is 1. The summed E-state index contributed by atoms with van der Waals surface area (Å²) in [6, 6.07) is 19.1. The minimum atomic E-state index is -0.322. The van der Waals surface area contributed by atoms with Crippen molar-refractivity contribution in [3.63, 3.8) is 0 Å². The molecule has 3 aromatic rings. The summed E-state index contributed by atoms with van der Waals surface area (Å²) in [5, 5.41) is 4.31. The van der Waals surface area contributed by atoms with E-state index in [1.807, 2.05) is 48.5 Å². The first-order valence-corrected chi connectivity index (χ1v) is 7.16. The Kier molecular flexibility index (Phi) is 4.01. The summed E-state index contributed by atoms with van der Waals surface area (Å²) in [4.78, 5) is 16.3. The number of esters is 1. The number of ether oxygens (including phenoxy) is 1. The molecule has 0 saturated heterocycles. The summed E-state index contributed by atoms with van der Waals surface area (Å²) in [6.07, 6.45) is 0. The molecule has 4 heteroatoms. The van der Waals surface area contributed by atoms with Gasteiger partial charge in [-0.05, 0) is 43.3 Å². The van der Waals surface area contributed by atoms with Crippen molar-refractivity contribution in [3.05, 3.63) is 66.2 Å². The Hall–Kier alpha value is -2.88. The lowest BCUT2D eigenvalue weighted by atomic mass is 10.2. The van der Waals surface area contributed by atoms with Crippen molar-refractivity contribution in [2.24, 2.45) is 0 Å². The van der Waals surface area contributed by atoms with Gasteiger partial charge in [0.1, 0.15) is 5.82 Å². The molecule has 22 heavy (non-hydrogen) atoms. The largest absolute Gasteiger partial charge is 0.462 e. The van der Waals surface area contributed by atoms with Gasteiger partial charge in [-0.1, -0.05) is 24.3 Å². The van der Waals surface area contributed by atoms with Crippen molar-refractivity contribution >= 4 is 28.4 Å². The summed E-state index contributed by atoms with van der Waals surface area (Å²) in [5.41, 5.74) is 2.25. The third kappa shape index (κ3) is 3.06. The van der Waals surface area contributed by atoms with Crippen molar-refractivity contribution in [2.75, 3.05) is 11.9 Å². The van der Waals surface area contributed by atoms with E-state index in [2.05, 4.69) is 10.3 Å². The molecule has 0 saturated carbocycles. The Balaban J connectivity index is 1.85. The summed E-state index contributed by atoms with van der Waals surface area (Å²) >= 11 is 0. The topological polar surface area (TPSA) is 51.2 Å². The minimum absolute atomic E-state index is 0.322. The lowest BCUT2D eigenvalue weighted by Crippen LogP contribution is -2.05. The van der Waals surface area contributed by atoms with Crippen LogP contribution in [0, 0.1) is 0 Å². The number of carbonyl (C=O) groups is 1. The molecular formula is C18H16N2O2. The average Bonchev–Trinajstić information content (AvgIpc) is 2.55. The zero-order valence-electron chi connectivity index (χ0n) is 12.2. The van der Waals surface area contributed by atoms with Crippen molar-refractivity contribution in [2.45, 2.75) is 6.92 Å². The van der Waals surface area contributed by atoms with Crippen LogP contribution in [0.2, 0.25) is 0 Å². The van der Waals surface area contributed by atoms with Crippen molar-refractivity contribution < 1.29 is 9.53 Å². The molecule has 0 aliphatic rings. The predicted molar refractivity (Wildman–Crippen MR) is 87.4 cm³/mol. The van der Waals surface area contributed by atoms with Gasteiger partial charge in [-0.15, -0.1) is 0 Å². The lowest BCUT2D eigenvalue weighted by molar-refractivity contribution is 0.0526. The quantitative estimate of drug-likeness (QED) is 0.734. The lowest BCUT2D eigenvalue weighted by Gasteiger charge is -2.08. The Morgan fingerprint density at radius 2 is 1.95 bits per heavy atom. The van der Waals surface area contributed by atoms with Crippen molar-refractivity contribution in [1.29, 1.82) is 0 Å². The third-order valence-electron chi connectivity index (χ3n) is 3.24. The number of nitrogens with one attached hydrogen (secondary N) is 1. The van der Waals surface area contributed by atoms with E-state index in [1.54, 1.807) is 19.1 Å². The summed E-state index contributed by atoms with van der Waals surface area (Å²) in [6.45, 7) is 2.15. The van der Waals surface area contributed by atoms with E-state index in [9.17, 15) is 4.79 Å². The van der Waals surface area contributed by atoms with Crippen LogP contribution in [0.25, 0.3) is 10.9 Å². The van der Waals surface area contributed by atoms with E-state index in [1.165, 1.54) is 0 Å². The molecule has 110 valence electrons. The maximum Gasteiger partial charge on any atom is 0.338 e. The fourth-order valence-electron chi connectivity index (χ4n) is 2.22. The number of fused-ring (bicyclic) bond motifs is 1. The van der Waals surface area contributed by atoms with Gasteiger partial charge in [0.25, 0.3) is 0 Å². The standard InChI is InChI=1S/C18H16N2O2/c1-2-22-18(21)14-7-5-8-15(12-14)19-17-11-10-13-6-3-4-9-16(13)20-17/h3-12H,2H2,1H3,(H,19,20). The number of para-hydroxylation sites is 1. The molecule has 0 unspecified atom stereocenters.